The third-order valence-electron chi connectivity index (χ3n) is 10.4. The van der Waals surface area contributed by atoms with E-state index < -0.39 is 41.9 Å². The monoisotopic (exact) mass is 637 g/mol. The first-order chi connectivity index (χ1) is 20.1. The van der Waals surface area contributed by atoms with Crippen LogP contribution in [0.1, 0.15) is 88.2 Å². The Bertz CT molecular complexity index is 1150. The fraction of sp³-hybridized carbons (Fsp3) is 0.781. The minimum Gasteiger partial charge on any atom is -0.508 e. The first-order valence-corrected chi connectivity index (χ1v) is 17.1. The zero-order chi connectivity index (χ0) is 31.6. The van der Waals surface area contributed by atoms with Crippen molar-refractivity contribution >= 4 is 16.6 Å². The minimum absolute atomic E-state index is 0.105. The summed E-state index contributed by atoms with van der Waals surface area (Å²) in [5.74, 6) is -3.27. The Morgan fingerprint density at radius 2 is 1.79 bits per heavy atom. The van der Waals surface area contributed by atoms with Crippen molar-refractivity contribution in [2.75, 3.05) is 31.6 Å². The first kappa shape index (κ1) is 34.3. The van der Waals surface area contributed by atoms with Gasteiger partial charge in [0.2, 0.25) is 0 Å². The van der Waals surface area contributed by atoms with Gasteiger partial charge in [0, 0.05) is 40.6 Å². The van der Waals surface area contributed by atoms with Crippen LogP contribution in [0, 0.1) is 23.2 Å². The molecule has 1 aromatic rings. The Morgan fingerprint density at radius 3 is 2.51 bits per heavy atom. The number of benzene rings is 1. The predicted octanol–water partition coefficient (Wildman–Crippen LogP) is 7.60. The fourth-order valence-corrected chi connectivity index (χ4v) is 9.23. The molecule has 43 heavy (non-hydrogen) atoms. The molecule has 244 valence electrons. The van der Waals surface area contributed by atoms with Gasteiger partial charge >= 0.3 is 12.1 Å². The van der Waals surface area contributed by atoms with E-state index in [1.54, 1.807) is 6.07 Å². The van der Waals surface area contributed by atoms with Crippen LogP contribution in [0.25, 0.3) is 0 Å². The van der Waals surface area contributed by atoms with Gasteiger partial charge in [-0.3, -0.25) is 9.00 Å². The maximum Gasteiger partial charge on any atom is 0.453 e. The number of rotatable bonds is 14. The minimum atomic E-state index is -5.59. The van der Waals surface area contributed by atoms with Crippen LogP contribution >= 0.6 is 0 Å². The zero-order valence-corrected chi connectivity index (χ0v) is 25.9. The van der Waals surface area contributed by atoms with Crippen LogP contribution in [-0.2, 0) is 22.0 Å². The third kappa shape index (κ3) is 7.97. The lowest BCUT2D eigenvalue weighted by Gasteiger charge is -2.52. The lowest BCUT2D eigenvalue weighted by molar-refractivity contribution is -0.284. The SMILES string of the molecule is CN(CCCC(F)C[C@@H]1Cc2cc(O)ccc2[C@H]2CC[C@]3(C)C(=O)CC[C@H]3[C@H]12)CCCS(=O)CCCC(F)(F)C(F)(F)F. The molecule has 0 spiro atoms. The second-order valence-electron chi connectivity index (χ2n) is 13.3. The number of Topliss-reactive ketones (excluding diaryl/α,β-unsaturated/α-hetero) is 1. The Morgan fingerprint density at radius 1 is 1.09 bits per heavy atom. The Hall–Kier alpha value is -1.62. The normalized spacial score (nSPS) is 28.8. The summed E-state index contributed by atoms with van der Waals surface area (Å²) < 4.78 is 90.3. The number of carbonyl (C=O) groups is 1. The molecule has 2 fully saturated rings. The van der Waals surface area contributed by atoms with Gasteiger partial charge in [-0.1, -0.05) is 13.0 Å². The summed E-state index contributed by atoms with van der Waals surface area (Å²) in [4.78, 5) is 14.9. The molecule has 1 aromatic carbocycles. The van der Waals surface area contributed by atoms with Gasteiger partial charge in [-0.15, -0.1) is 0 Å². The first-order valence-electron chi connectivity index (χ1n) is 15.6. The predicted molar refractivity (Wildman–Crippen MR) is 156 cm³/mol. The van der Waals surface area contributed by atoms with Gasteiger partial charge in [-0.05, 0) is 125 Å². The van der Waals surface area contributed by atoms with Crippen LogP contribution in [0.5, 0.6) is 5.75 Å². The standard InChI is InChI=1S/C32H45F6NO3S/c1-30-13-11-26-25-8-7-24(40)20-21(25)18-22(29(26)27(30)9-10-28(30)41)19-23(33)6-3-14-39(2)15-5-17-43(42)16-4-12-31(34,35)32(36,37)38/h7-8,20,22-23,26-27,29,40H,3-6,9-19H2,1-2H3/t22-,23?,26+,27-,29+,30-,43?/m0/s1. The van der Waals surface area contributed by atoms with Crippen molar-refractivity contribution in [2.24, 2.45) is 23.2 Å². The van der Waals surface area contributed by atoms with E-state index in [2.05, 4.69) is 6.92 Å². The number of alkyl halides is 6. The molecule has 0 amide bonds. The second-order valence-corrected chi connectivity index (χ2v) is 15.0. The molecule has 2 unspecified atom stereocenters. The molecule has 0 aromatic heterocycles. The molecule has 0 radical (unpaired) electrons. The highest BCUT2D eigenvalue weighted by atomic mass is 32.2. The second kappa shape index (κ2) is 13.8. The number of carbonyl (C=O) groups excluding carboxylic acids is 1. The summed E-state index contributed by atoms with van der Waals surface area (Å²) in [5, 5.41) is 10.1. The van der Waals surface area contributed by atoms with Crippen LogP contribution in [-0.4, -0.2) is 69.9 Å². The largest absolute Gasteiger partial charge is 0.508 e. The Labute approximate surface area is 253 Å². The quantitative estimate of drug-likeness (QED) is 0.214. The number of ketones is 1. The molecule has 7 atom stereocenters. The molecule has 3 aliphatic rings. The molecule has 0 saturated heterocycles. The summed E-state index contributed by atoms with van der Waals surface area (Å²) in [6.07, 6.45) is -2.50. The summed E-state index contributed by atoms with van der Waals surface area (Å²) in [6, 6.07) is 5.57. The van der Waals surface area contributed by atoms with Crippen LogP contribution in [0.15, 0.2) is 18.2 Å². The molecular formula is C32H45F6NO3S. The van der Waals surface area contributed by atoms with Crippen LogP contribution in [0.3, 0.4) is 0 Å². The smallest absolute Gasteiger partial charge is 0.453 e. The maximum absolute atomic E-state index is 15.5. The maximum atomic E-state index is 15.5. The highest BCUT2D eigenvalue weighted by Gasteiger charge is 2.57. The van der Waals surface area contributed by atoms with Gasteiger partial charge in [0.25, 0.3) is 0 Å². The average Bonchev–Trinajstić information content (AvgIpc) is 3.21. The summed E-state index contributed by atoms with van der Waals surface area (Å²) in [7, 11) is 0.402. The van der Waals surface area contributed by atoms with Gasteiger partial charge in [-0.25, -0.2) is 4.39 Å². The lowest BCUT2D eigenvalue weighted by atomic mass is 9.52. The molecule has 0 aliphatic heterocycles. The number of halogens is 6. The molecule has 0 bridgehead atoms. The Balaban J connectivity index is 1.22. The van der Waals surface area contributed by atoms with Gasteiger partial charge in [0.1, 0.15) is 17.7 Å². The number of phenols is 1. The van der Waals surface area contributed by atoms with E-state index >= 15 is 4.39 Å². The van der Waals surface area contributed by atoms with E-state index in [4.69, 9.17) is 0 Å². The molecule has 4 nitrogen and oxygen atoms in total. The average molecular weight is 638 g/mol. The topological polar surface area (TPSA) is 57.6 Å². The number of aromatic hydroxyl groups is 1. The molecular weight excluding hydrogens is 592 g/mol. The van der Waals surface area contributed by atoms with E-state index in [1.807, 2.05) is 24.1 Å². The molecule has 0 heterocycles. The van der Waals surface area contributed by atoms with E-state index in [0.717, 1.165) is 24.8 Å². The van der Waals surface area contributed by atoms with E-state index in [0.29, 0.717) is 57.4 Å². The van der Waals surface area contributed by atoms with Gasteiger partial charge in [-0.2, -0.15) is 22.0 Å². The lowest BCUT2D eigenvalue weighted by Crippen LogP contribution is -2.46. The molecule has 2 saturated carbocycles. The van der Waals surface area contributed by atoms with E-state index in [-0.39, 0.29) is 46.3 Å². The van der Waals surface area contributed by atoms with Crippen LogP contribution < -0.4 is 0 Å². The molecule has 11 heteroatoms. The number of phenolic OH excluding ortho intramolecular Hbond substituents is 1. The summed E-state index contributed by atoms with van der Waals surface area (Å²) in [5.41, 5.74) is 2.02. The number of nitrogens with zero attached hydrogens (tertiary/aromatic N) is 1. The molecule has 4 rings (SSSR count). The number of fused-ring (bicyclic) bond motifs is 5. The third-order valence-corrected chi connectivity index (χ3v) is 11.9. The van der Waals surface area contributed by atoms with Crippen molar-refractivity contribution in [1.82, 2.24) is 4.90 Å². The number of hydrogen-bond acceptors (Lipinski definition) is 4. The van der Waals surface area contributed by atoms with Gasteiger partial charge in [0.05, 0.1) is 0 Å². The van der Waals surface area contributed by atoms with Crippen molar-refractivity contribution in [1.29, 1.82) is 0 Å². The molecule has 1 N–H and O–H groups in total. The van der Waals surface area contributed by atoms with Gasteiger partial charge < -0.3 is 10.0 Å². The molecule has 3 aliphatic carbocycles. The van der Waals surface area contributed by atoms with Gasteiger partial charge in [0.15, 0.2) is 0 Å². The summed E-state index contributed by atoms with van der Waals surface area (Å²) in [6.45, 7) is 3.31. The van der Waals surface area contributed by atoms with Crippen molar-refractivity contribution in [3.8, 4) is 5.75 Å². The number of hydrogen-bond donors (Lipinski definition) is 1. The van der Waals surface area contributed by atoms with Crippen molar-refractivity contribution in [2.45, 2.75) is 102 Å². The van der Waals surface area contributed by atoms with Crippen LogP contribution in [0.2, 0.25) is 0 Å². The zero-order valence-electron chi connectivity index (χ0n) is 25.1. The van der Waals surface area contributed by atoms with E-state index in [9.17, 15) is 36.1 Å². The highest BCUT2D eigenvalue weighted by Crippen LogP contribution is 2.61. The highest BCUT2D eigenvalue weighted by molar-refractivity contribution is 7.84. The van der Waals surface area contributed by atoms with E-state index in [1.165, 1.54) is 5.56 Å². The van der Waals surface area contributed by atoms with Crippen molar-refractivity contribution in [3.05, 3.63) is 29.3 Å². The summed E-state index contributed by atoms with van der Waals surface area (Å²) >= 11 is 0. The van der Waals surface area contributed by atoms with Crippen molar-refractivity contribution in [3.63, 3.8) is 0 Å². The van der Waals surface area contributed by atoms with Crippen molar-refractivity contribution < 1.29 is 40.5 Å². The van der Waals surface area contributed by atoms with Crippen LogP contribution in [0.4, 0.5) is 26.3 Å². The Kier molecular flexibility index (Phi) is 11.0. The fourth-order valence-electron chi connectivity index (χ4n) is 8.11.